The third-order valence-electron chi connectivity index (χ3n) is 2.70. The van der Waals surface area contributed by atoms with Crippen LogP contribution in [-0.4, -0.2) is 7.11 Å². The summed E-state index contributed by atoms with van der Waals surface area (Å²) in [7, 11) is 1.40. The summed E-state index contributed by atoms with van der Waals surface area (Å²) in [6, 6.07) is 8.73. The molecule has 1 nitrogen and oxygen atoms in total. The molecule has 0 aliphatic rings. The summed E-state index contributed by atoms with van der Waals surface area (Å²) in [5.74, 6) is -0.689. The van der Waals surface area contributed by atoms with Crippen molar-refractivity contribution in [2.75, 3.05) is 7.11 Å². The Hall–Kier alpha value is -1.13. The molecule has 2 rings (SSSR count). The fraction of sp³-hybridized carbons (Fsp3) is 0.143. The van der Waals surface area contributed by atoms with Crippen LogP contribution in [0.3, 0.4) is 0 Å². The van der Waals surface area contributed by atoms with E-state index >= 15 is 0 Å². The van der Waals surface area contributed by atoms with Crippen molar-refractivity contribution in [1.29, 1.82) is 0 Å². The fourth-order valence-corrected chi connectivity index (χ4v) is 2.82. The van der Waals surface area contributed by atoms with E-state index in [1.165, 1.54) is 31.4 Å². The average molecular weight is 348 g/mol. The van der Waals surface area contributed by atoms with Gasteiger partial charge in [0.1, 0.15) is 5.82 Å². The van der Waals surface area contributed by atoms with Crippen molar-refractivity contribution in [3.05, 3.63) is 64.2 Å². The second-order valence-electron chi connectivity index (χ2n) is 3.92. The minimum atomic E-state index is -0.456. The fourth-order valence-electron chi connectivity index (χ4n) is 1.73. The third-order valence-corrected chi connectivity index (χ3v) is 4.05. The van der Waals surface area contributed by atoms with Gasteiger partial charge in [0.25, 0.3) is 0 Å². The maximum Gasteiger partial charge on any atom is 0.165 e. The first-order valence-electron chi connectivity index (χ1n) is 5.45. The van der Waals surface area contributed by atoms with Crippen molar-refractivity contribution >= 4 is 27.5 Å². The van der Waals surface area contributed by atoms with Gasteiger partial charge in [-0.05, 0) is 35.4 Å². The van der Waals surface area contributed by atoms with Crippen LogP contribution in [0, 0.1) is 11.6 Å². The van der Waals surface area contributed by atoms with E-state index in [1.54, 1.807) is 12.1 Å². The van der Waals surface area contributed by atoms with Crippen molar-refractivity contribution in [2.45, 2.75) is 4.83 Å². The van der Waals surface area contributed by atoms with Crippen LogP contribution < -0.4 is 4.74 Å². The predicted molar refractivity (Wildman–Crippen MR) is 75.1 cm³/mol. The highest BCUT2D eigenvalue weighted by Gasteiger charge is 2.16. The molecule has 0 radical (unpaired) electrons. The zero-order chi connectivity index (χ0) is 14.0. The largest absolute Gasteiger partial charge is 0.494 e. The molecule has 1 atom stereocenters. The van der Waals surface area contributed by atoms with E-state index in [-0.39, 0.29) is 15.6 Å². The number of halogens is 4. The Balaban J connectivity index is 2.38. The van der Waals surface area contributed by atoms with Crippen LogP contribution in [0.2, 0.25) is 5.02 Å². The van der Waals surface area contributed by atoms with Gasteiger partial charge in [-0.25, -0.2) is 8.78 Å². The molecule has 0 spiro atoms. The Morgan fingerprint density at radius 3 is 2.47 bits per heavy atom. The van der Waals surface area contributed by atoms with E-state index in [4.69, 9.17) is 16.3 Å². The lowest BCUT2D eigenvalue weighted by Crippen LogP contribution is -1.97. The van der Waals surface area contributed by atoms with E-state index in [1.807, 2.05) is 0 Å². The van der Waals surface area contributed by atoms with Gasteiger partial charge in [-0.15, -0.1) is 0 Å². The van der Waals surface area contributed by atoms with Crippen molar-refractivity contribution in [1.82, 2.24) is 0 Å². The molecule has 0 aliphatic carbocycles. The van der Waals surface area contributed by atoms with Crippen molar-refractivity contribution in [3.63, 3.8) is 0 Å². The minimum absolute atomic E-state index is 0.175. The van der Waals surface area contributed by atoms with E-state index < -0.39 is 11.6 Å². The van der Waals surface area contributed by atoms with E-state index in [0.29, 0.717) is 11.1 Å². The third kappa shape index (κ3) is 3.07. The number of benzene rings is 2. The molecule has 0 fully saturated rings. The Morgan fingerprint density at radius 1 is 1.16 bits per heavy atom. The summed E-state index contributed by atoms with van der Waals surface area (Å²) in [5, 5.41) is 0.290. The zero-order valence-corrected chi connectivity index (χ0v) is 12.3. The van der Waals surface area contributed by atoms with Crippen LogP contribution in [0.5, 0.6) is 5.75 Å². The number of alkyl halides is 1. The predicted octanol–water partition coefficient (Wildman–Crippen LogP) is 5.11. The normalized spacial score (nSPS) is 12.3. The lowest BCUT2D eigenvalue weighted by Gasteiger charge is -2.13. The highest BCUT2D eigenvalue weighted by Crippen LogP contribution is 2.36. The maximum atomic E-state index is 13.7. The van der Waals surface area contributed by atoms with E-state index in [2.05, 4.69) is 15.9 Å². The van der Waals surface area contributed by atoms with Gasteiger partial charge in [0.15, 0.2) is 11.6 Å². The highest BCUT2D eigenvalue weighted by atomic mass is 79.9. The van der Waals surface area contributed by atoms with E-state index in [0.717, 1.165) is 0 Å². The van der Waals surface area contributed by atoms with Gasteiger partial charge in [-0.3, -0.25) is 0 Å². The molecule has 0 aromatic heterocycles. The quantitative estimate of drug-likeness (QED) is 0.701. The highest BCUT2D eigenvalue weighted by molar-refractivity contribution is 9.09. The molecule has 0 heterocycles. The summed E-state index contributed by atoms with van der Waals surface area (Å²) in [6.07, 6.45) is 0. The molecule has 0 saturated carbocycles. The van der Waals surface area contributed by atoms with Gasteiger partial charge in [-0.1, -0.05) is 39.7 Å². The van der Waals surface area contributed by atoms with Gasteiger partial charge < -0.3 is 4.74 Å². The standard InChI is InChI=1S/C14H10BrClF2O/c1-19-13-5-2-8(6-12(13)18)14(15)10-4-3-9(17)7-11(10)16/h2-7,14H,1H3. The minimum Gasteiger partial charge on any atom is -0.494 e. The Labute approximate surface area is 123 Å². The van der Waals surface area contributed by atoms with Crippen molar-refractivity contribution < 1.29 is 13.5 Å². The molecule has 5 heteroatoms. The summed E-state index contributed by atoms with van der Waals surface area (Å²) >= 11 is 9.42. The Kier molecular flexibility index (Phi) is 4.42. The van der Waals surface area contributed by atoms with Gasteiger partial charge in [0.05, 0.1) is 11.9 Å². The Bertz CT molecular complexity index is 604. The molecule has 0 amide bonds. The number of methoxy groups -OCH3 is 1. The summed E-state index contributed by atoms with van der Waals surface area (Å²) in [4.78, 5) is -0.319. The van der Waals surface area contributed by atoms with Gasteiger partial charge >= 0.3 is 0 Å². The first-order valence-corrected chi connectivity index (χ1v) is 6.74. The zero-order valence-electron chi connectivity index (χ0n) is 9.96. The summed E-state index contributed by atoms with van der Waals surface area (Å²) in [6.45, 7) is 0. The SMILES string of the molecule is COc1ccc(C(Br)c2ccc(F)cc2Cl)cc1F. The van der Waals surface area contributed by atoms with Crippen LogP contribution in [0.1, 0.15) is 16.0 Å². The van der Waals surface area contributed by atoms with Gasteiger partial charge in [-0.2, -0.15) is 0 Å². The van der Waals surface area contributed by atoms with Crippen LogP contribution in [0.4, 0.5) is 8.78 Å². The first kappa shape index (κ1) is 14.3. The molecule has 0 N–H and O–H groups in total. The second kappa shape index (κ2) is 5.88. The molecular weight excluding hydrogens is 338 g/mol. The molecule has 19 heavy (non-hydrogen) atoms. The van der Waals surface area contributed by atoms with Crippen molar-refractivity contribution in [2.24, 2.45) is 0 Å². The first-order chi connectivity index (χ1) is 9.02. The van der Waals surface area contributed by atoms with Crippen LogP contribution in [0.15, 0.2) is 36.4 Å². The van der Waals surface area contributed by atoms with Crippen LogP contribution in [0.25, 0.3) is 0 Å². The average Bonchev–Trinajstić information content (AvgIpc) is 2.38. The molecule has 1 unspecified atom stereocenters. The molecule has 2 aromatic rings. The van der Waals surface area contributed by atoms with Gasteiger partial charge in [0.2, 0.25) is 0 Å². The Morgan fingerprint density at radius 2 is 1.89 bits per heavy atom. The van der Waals surface area contributed by atoms with Crippen molar-refractivity contribution in [3.8, 4) is 5.75 Å². The topological polar surface area (TPSA) is 9.23 Å². The monoisotopic (exact) mass is 346 g/mol. The molecule has 0 bridgehead atoms. The maximum absolute atomic E-state index is 13.7. The lowest BCUT2D eigenvalue weighted by molar-refractivity contribution is 0.386. The summed E-state index contributed by atoms with van der Waals surface area (Å²) < 4.78 is 31.5. The van der Waals surface area contributed by atoms with Crippen LogP contribution in [-0.2, 0) is 0 Å². The molecule has 0 aliphatic heterocycles. The number of rotatable bonds is 3. The second-order valence-corrected chi connectivity index (χ2v) is 5.25. The van der Waals surface area contributed by atoms with Crippen LogP contribution >= 0.6 is 27.5 Å². The molecular formula is C14H10BrClF2O. The smallest absolute Gasteiger partial charge is 0.165 e. The number of hydrogen-bond acceptors (Lipinski definition) is 1. The number of hydrogen-bond donors (Lipinski definition) is 0. The van der Waals surface area contributed by atoms with Gasteiger partial charge in [0, 0.05) is 5.02 Å². The molecule has 0 saturated heterocycles. The lowest BCUT2D eigenvalue weighted by atomic mass is 10.0. The summed E-state index contributed by atoms with van der Waals surface area (Å²) in [5.41, 5.74) is 1.35. The number of ether oxygens (including phenoxy) is 1. The molecule has 100 valence electrons. The van der Waals surface area contributed by atoms with E-state index in [9.17, 15) is 8.78 Å². The molecule has 2 aromatic carbocycles.